The maximum absolute atomic E-state index is 12.2. The first-order valence-corrected chi connectivity index (χ1v) is 10.2. The van der Waals surface area contributed by atoms with E-state index < -0.39 is 6.04 Å². The van der Waals surface area contributed by atoms with Crippen LogP contribution in [0, 0.1) is 11.8 Å². The molecule has 0 spiro atoms. The molecule has 0 unspecified atom stereocenters. The van der Waals surface area contributed by atoms with Crippen LogP contribution in [0.25, 0.3) is 0 Å². The van der Waals surface area contributed by atoms with Crippen molar-refractivity contribution in [1.82, 2.24) is 0 Å². The van der Waals surface area contributed by atoms with Crippen LogP contribution in [-0.4, -0.2) is 31.3 Å². The van der Waals surface area contributed by atoms with Gasteiger partial charge >= 0.3 is 5.97 Å². The quantitative estimate of drug-likeness (QED) is 0.774. The Morgan fingerprint density at radius 1 is 0.964 bits per heavy atom. The van der Waals surface area contributed by atoms with Crippen LogP contribution in [0.1, 0.15) is 30.9 Å². The third kappa shape index (κ3) is 5.91. The van der Waals surface area contributed by atoms with Crippen LogP contribution in [0.15, 0.2) is 60.7 Å². The zero-order valence-corrected chi connectivity index (χ0v) is 16.6. The van der Waals surface area contributed by atoms with Gasteiger partial charge in [-0.2, -0.15) is 0 Å². The number of benzene rings is 2. The Morgan fingerprint density at radius 2 is 1.61 bits per heavy atom. The fourth-order valence-electron chi connectivity index (χ4n) is 4.01. The van der Waals surface area contributed by atoms with E-state index in [4.69, 9.17) is 15.2 Å². The molecule has 2 aromatic carbocycles. The molecule has 2 N–H and O–H groups in total. The average molecular weight is 382 g/mol. The van der Waals surface area contributed by atoms with Gasteiger partial charge in [0.25, 0.3) is 0 Å². The van der Waals surface area contributed by atoms with Crippen LogP contribution in [0.2, 0.25) is 0 Å². The third-order valence-electron chi connectivity index (χ3n) is 5.64. The Hall–Kier alpha value is -2.17. The van der Waals surface area contributed by atoms with Gasteiger partial charge in [0.2, 0.25) is 0 Å². The lowest BCUT2D eigenvalue weighted by atomic mass is 9.80. The molecule has 2 aromatic rings. The summed E-state index contributed by atoms with van der Waals surface area (Å²) >= 11 is 0. The van der Waals surface area contributed by atoms with Crippen LogP contribution < -0.4 is 5.73 Å². The van der Waals surface area contributed by atoms with Crippen molar-refractivity contribution in [3.8, 4) is 0 Å². The number of ether oxygens (including phenoxy) is 2. The van der Waals surface area contributed by atoms with E-state index in [1.54, 1.807) is 0 Å². The van der Waals surface area contributed by atoms with Crippen molar-refractivity contribution < 1.29 is 14.3 Å². The number of nitrogens with two attached hydrogens (primary N) is 1. The van der Waals surface area contributed by atoms with Gasteiger partial charge in [-0.05, 0) is 49.7 Å². The maximum atomic E-state index is 12.2. The summed E-state index contributed by atoms with van der Waals surface area (Å²) in [6.45, 7) is 2.83. The highest BCUT2D eigenvalue weighted by atomic mass is 16.5. The van der Waals surface area contributed by atoms with Crippen molar-refractivity contribution in [3.05, 3.63) is 71.8 Å². The normalized spacial score (nSPS) is 26.0. The average Bonchev–Trinajstić information content (AvgIpc) is 2.76. The van der Waals surface area contributed by atoms with Gasteiger partial charge in [0.1, 0.15) is 12.1 Å². The molecular weight excluding hydrogens is 350 g/mol. The molecule has 150 valence electrons. The fraction of sp³-hybridized carbons (Fsp3) is 0.458. The summed E-state index contributed by atoms with van der Waals surface area (Å²) in [6, 6.07) is 20.2. The first-order chi connectivity index (χ1) is 13.6. The maximum Gasteiger partial charge on any atom is 0.325 e. The number of rotatable bonds is 6. The first kappa shape index (κ1) is 20.6. The molecule has 0 radical (unpaired) electrons. The second kappa shape index (κ2) is 10.4. The summed E-state index contributed by atoms with van der Waals surface area (Å²) < 4.78 is 11.6. The predicted octanol–water partition coefficient (Wildman–Crippen LogP) is 3.77. The van der Waals surface area contributed by atoms with Crippen LogP contribution in [0.3, 0.4) is 0 Å². The van der Waals surface area contributed by atoms with Gasteiger partial charge in [0.05, 0.1) is 6.61 Å². The van der Waals surface area contributed by atoms with Crippen molar-refractivity contribution in [1.29, 1.82) is 0 Å². The number of cyclic esters (lactones) is 1. The first-order valence-electron chi connectivity index (χ1n) is 10.2. The minimum atomic E-state index is -0.706. The minimum Gasteiger partial charge on any atom is -0.461 e. The highest BCUT2D eigenvalue weighted by Crippen LogP contribution is 2.29. The monoisotopic (exact) mass is 381 g/mol. The van der Waals surface area contributed by atoms with Gasteiger partial charge in [0.15, 0.2) is 0 Å². The molecule has 1 saturated heterocycles. The van der Waals surface area contributed by atoms with Crippen molar-refractivity contribution in [2.45, 2.75) is 44.8 Å². The van der Waals surface area contributed by atoms with Crippen molar-refractivity contribution in [2.75, 3.05) is 13.2 Å². The van der Waals surface area contributed by atoms with E-state index in [1.807, 2.05) is 19.1 Å². The smallest absolute Gasteiger partial charge is 0.325 e. The fourth-order valence-corrected chi connectivity index (χ4v) is 4.01. The van der Waals surface area contributed by atoms with Gasteiger partial charge < -0.3 is 15.2 Å². The molecule has 0 aliphatic carbocycles. The molecule has 0 amide bonds. The van der Waals surface area contributed by atoms with Crippen LogP contribution in [-0.2, 0) is 27.1 Å². The molecule has 28 heavy (non-hydrogen) atoms. The van der Waals surface area contributed by atoms with Crippen LogP contribution in [0.4, 0.5) is 0 Å². The van der Waals surface area contributed by atoms with E-state index in [0.717, 1.165) is 25.7 Å². The standard InChI is InChI=1S/C24H31NO3/c1-18-22(15-20-11-6-3-7-12-20)21(16-27-17-23(25)24(26)28-18)14-8-13-19-9-4-2-5-10-19/h2-7,9-12,18,21-23H,8,13-17,25H2,1H3/t18-,21-,22-,23-/m0/s1. The van der Waals surface area contributed by atoms with Crippen molar-refractivity contribution in [2.24, 2.45) is 17.6 Å². The number of hydrogen-bond acceptors (Lipinski definition) is 4. The molecule has 0 bridgehead atoms. The molecule has 0 saturated carbocycles. The van der Waals surface area contributed by atoms with Gasteiger partial charge in [0, 0.05) is 12.5 Å². The largest absolute Gasteiger partial charge is 0.461 e. The number of hydrogen-bond donors (Lipinski definition) is 1. The Balaban J connectivity index is 1.71. The molecule has 0 aromatic heterocycles. The Morgan fingerprint density at radius 3 is 2.29 bits per heavy atom. The molecule has 3 rings (SSSR count). The lowest BCUT2D eigenvalue weighted by Gasteiger charge is -2.31. The molecule has 4 heteroatoms. The summed E-state index contributed by atoms with van der Waals surface area (Å²) in [6.07, 6.45) is 3.83. The lowest BCUT2D eigenvalue weighted by Crippen LogP contribution is -2.39. The van der Waals surface area contributed by atoms with E-state index in [0.29, 0.717) is 12.5 Å². The minimum absolute atomic E-state index is 0.192. The topological polar surface area (TPSA) is 61.5 Å². The van der Waals surface area contributed by atoms with E-state index in [1.165, 1.54) is 11.1 Å². The van der Waals surface area contributed by atoms with Crippen molar-refractivity contribution in [3.63, 3.8) is 0 Å². The second-order valence-electron chi connectivity index (χ2n) is 7.78. The molecule has 1 heterocycles. The van der Waals surface area contributed by atoms with Gasteiger partial charge in [-0.15, -0.1) is 0 Å². The highest BCUT2D eigenvalue weighted by Gasteiger charge is 2.32. The third-order valence-corrected chi connectivity index (χ3v) is 5.64. The zero-order valence-electron chi connectivity index (χ0n) is 16.6. The molecular formula is C24H31NO3. The van der Waals surface area contributed by atoms with Crippen LogP contribution in [0.5, 0.6) is 0 Å². The van der Waals surface area contributed by atoms with Gasteiger partial charge in [-0.25, -0.2) is 0 Å². The Labute approximate surface area is 168 Å². The molecule has 1 aliphatic rings. The van der Waals surface area contributed by atoms with E-state index in [9.17, 15) is 4.79 Å². The molecule has 1 aliphatic heterocycles. The van der Waals surface area contributed by atoms with Gasteiger partial charge in [-0.3, -0.25) is 4.79 Å². The lowest BCUT2D eigenvalue weighted by molar-refractivity contribution is -0.153. The summed E-state index contributed by atoms with van der Waals surface area (Å²) in [5.41, 5.74) is 8.51. The predicted molar refractivity (Wildman–Crippen MR) is 111 cm³/mol. The Kier molecular flexibility index (Phi) is 7.63. The summed E-state index contributed by atoms with van der Waals surface area (Å²) in [5.74, 6) is 0.153. The zero-order chi connectivity index (χ0) is 19.8. The summed E-state index contributed by atoms with van der Waals surface area (Å²) in [5, 5.41) is 0. The summed E-state index contributed by atoms with van der Waals surface area (Å²) in [7, 11) is 0. The number of carbonyl (C=O) groups excluding carboxylic acids is 1. The van der Waals surface area contributed by atoms with E-state index in [2.05, 4.69) is 48.5 Å². The van der Waals surface area contributed by atoms with Crippen LogP contribution >= 0.6 is 0 Å². The number of aryl methyl sites for hydroxylation is 1. The van der Waals surface area contributed by atoms with E-state index in [-0.39, 0.29) is 24.6 Å². The number of carbonyl (C=O) groups is 1. The Bertz CT molecular complexity index is 719. The van der Waals surface area contributed by atoms with Crippen molar-refractivity contribution >= 4 is 5.97 Å². The SMILES string of the molecule is C[C@@H]1OC(=O)[C@@H](N)COC[C@H](CCCc2ccccc2)[C@H]1Cc1ccccc1. The summed E-state index contributed by atoms with van der Waals surface area (Å²) in [4.78, 5) is 12.2. The van der Waals surface area contributed by atoms with E-state index >= 15 is 0 Å². The molecule has 1 fully saturated rings. The number of esters is 1. The molecule has 4 atom stereocenters. The molecule has 4 nitrogen and oxygen atoms in total. The second-order valence-corrected chi connectivity index (χ2v) is 7.78. The highest BCUT2D eigenvalue weighted by molar-refractivity contribution is 5.75. The van der Waals surface area contributed by atoms with Gasteiger partial charge in [-0.1, -0.05) is 60.7 Å².